The minimum atomic E-state index is -0.544. The highest BCUT2D eigenvalue weighted by molar-refractivity contribution is 5.95. The second kappa shape index (κ2) is 11.2. The summed E-state index contributed by atoms with van der Waals surface area (Å²) in [4.78, 5) is 34.5. The Hall–Kier alpha value is -4.73. The Labute approximate surface area is 195 Å². The first-order chi connectivity index (χ1) is 16.4. The number of rotatable bonds is 9. The quantitative estimate of drug-likeness (QED) is 0.283. The molecule has 10 nitrogen and oxygen atoms in total. The van der Waals surface area contributed by atoms with Crippen molar-refractivity contribution >= 4 is 29.4 Å². The molecule has 0 unspecified atom stereocenters. The van der Waals surface area contributed by atoms with Gasteiger partial charge in [-0.15, -0.1) is 0 Å². The van der Waals surface area contributed by atoms with Crippen LogP contribution in [0.5, 0.6) is 11.5 Å². The van der Waals surface area contributed by atoms with Crippen LogP contribution in [0.3, 0.4) is 0 Å². The number of amides is 2. The molecule has 0 aliphatic heterocycles. The summed E-state index contributed by atoms with van der Waals surface area (Å²) in [7, 11) is 1.47. The van der Waals surface area contributed by atoms with Crippen LogP contribution in [0.25, 0.3) is 0 Å². The van der Waals surface area contributed by atoms with E-state index in [9.17, 15) is 19.7 Å². The number of carbonyl (C=O) groups excluding carboxylic acids is 2. The fourth-order valence-corrected chi connectivity index (χ4v) is 2.89. The number of carbonyl (C=O) groups is 2. The maximum atomic E-state index is 12.2. The molecule has 2 N–H and O–H groups in total. The van der Waals surface area contributed by atoms with E-state index in [1.165, 1.54) is 37.6 Å². The SMILES string of the molecule is COc1cc(/C=N/NC(=O)c2ccc([N+](=O)[O-])cc2)ccc1OCC(=O)Nc1ccccc1C. The van der Waals surface area contributed by atoms with Crippen LogP contribution in [-0.4, -0.2) is 36.7 Å². The molecular weight excluding hydrogens is 440 g/mol. The van der Waals surface area contributed by atoms with Crippen LogP contribution in [0.4, 0.5) is 11.4 Å². The zero-order chi connectivity index (χ0) is 24.5. The fraction of sp³-hybridized carbons (Fsp3) is 0.125. The Bertz CT molecular complexity index is 1220. The van der Waals surface area contributed by atoms with Crippen molar-refractivity contribution in [3.63, 3.8) is 0 Å². The van der Waals surface area contributed by atoms with Gasteiger partial charge in [0.25, 0.3) is 17.5 Å². The van der Waals surface area contributed by atoms with E-state index in [1.54, 1.807) is 18.2 Å². The van der Waals surface area contributed by atoms with Gasteiger partial charge < -0.3 is 14.8 Å². The third-order valence-corrected chi connectivity index (χ3v) is 4.69. The lowest BCUT2D eigenvalue weighted by molar-refractivity contribution is -0.384. The molecule has 0 aliphatic carbocycles. The van der Waals surface area contributed by atoms with Gasteiger partial charge in [-0.1, -0.05) is 18.2 Å². The molecule has 0 heterocycles. The smallest absolute Gasteiger partial charge is 0.271 e. The molecule has 2 amide bonds. The maximum absolute atomic E-state index is 12.2. The van der Waals surface area contributed by atoms with Crippen LogP contribution in [0.1, 0.15) is 21.5 Å². The van der Waals surface area contributed by atoms with Gasteiger partial charge in [-0.25, -0.2) is 5.43 Å². The summed E-state index contributed by atoms with van der Waals surface area (Å²) in [6.07, 6.45) is 1.40. The zero-order valence-corrected chi connectivity index (χ0v) is 18.5. The number of nitrogens with zero attached hydrogens (tertiary/aromatic N) is 2. The first kappa shape index (κ1) is 23.9. The average Bonchev–Trinajstić information content (AvgIpc) is 2.84. The number of para-hydroxylation sites is 1. The number of anilines is 1. The monoisotopic (exact) mass is 462 g/mol. The number of methoxy groups -OCH3 is 1. The number of nitrogens with one attached hydrogen (secondary N) is 2. The van der Waals surface area contributed by atoms with Gasteiger partial charge in [-0.05, 0) is 54.4 Å². The summed E-state index contributed by atoms with van der Waals surface area (Å²) in [5.74, 6) is -0.0717. The molecule has 34 heavy (non-hydrogen) atoms. The van der Waals surface area contributed by atoms with Crippen molar-refractivity contribution < 1.29 is 24.0 Å². The molecule has 0 spiro atoms. The van der Waals surface area contributed by atoms with Crippen molar-refractivity contribution in [2.24, 2.45) is 5.10 Å². The van der Waals surface area contributed by atoms with E-state index in [2.05, 4.69) is 15.8 Å². The van der Waals surface area contributed by atoms with Crippen LogP contribution in [0.15, 0.2) is 71.8 Å². The van der Waals surface area contributed by atoms with Crippen LogP contribution in [0.2, 0.25) is 0 Å². The van der Waals surface area contributed by atoms with E-state index >= 15 is 0 Å². The van der Waals surface area contributed by atoms with Crippen molar-refractivity contribution in [2.45, 2.75) is 6.92 Å². The molecule has 0 atom stereocenters. The van der Waals surface area contributed by atoms with E-state index in [4.69, 9.17) is 9.47 Å². The van der Waals surface area contributed by atoms with Gasteiger partial charge in [0.15, 0.2) is 18.1 Å². The average molecular weight is 462 g/mol. The van der Waals surface area contributed by atoms with Gasteiger partial charge in [-0.3, -0.25) is 19.7 Å². The van der Waals surface area contributed by atoms with Crippen LogP contribution < -0.4 is 20.2 Å². The molecule has 0 saturated carbocycles. The Morgan fingerprint density at radius 3 is 2.47 bits per heavy atom. The standard InChI is InChI=1S/C24H22N4O6/c1-16-5-3-4-6-20(16)26-23(29)15-34-21-12-7-17(13-22(21)33-2)14-25-27-24(30)18-8-10-19(11-9-18)28(31)32/h3-14H,15H2,1-2H3,(H,26,29)(H,27,30)/b25-14+. The van der Waals surface area contributed by atoms with E-state index in [0.29, 0.717) is 22.7 Å². The highest BCUT2D eigenvalue weighted by atomic mass is 16.6. The Morgan fingerprint density at radius 2 is 1.79 bits per heavy atom. The van der Waals surface area contributed by atoms with E-state index in [1.807, 2.05) is 31.2 Å². The van der Waals surface area contributed by atoms with Crippen molar-refractivity contribution in [2.75, 3.05) is 19.0 Å². The number of hydrogen-bond acceptors (Lipinski definition) is 7. The summed E-state index contributed by atoms with van der Waals surface area (Å²) in [6.45, 7) is 1.69. The third-order valence-electron chi connectivity index (χ3n) is 4.69. The van der Waals surface area contributed by atoms with E-state index in [-0.39, 0.29) is 23.8 Å². The van der Waals surface area contributed by atoms with Crippen molar-refractivity contribution in [3.8, 4) is 11.5 Å². The molecule has 3 aromatic carbocycles. The molecule has 0 aromatic heterocycles. The largest absolute Gasteiger partial charge is 0.493 e. The van der Waals surface area contributed by atoms with Crippen LogP contribution in [0, 0.1) is 17.0 Å². The zero-order valence-electron chi connectivity index (χ0n) is 18.5. The summed E-state index contributed by atoms with van der Waals surface area (Å²) in [5, 5.41) is 17.4. The number of hydrogen-bond donors (Lipinski definition) is 2. The Morgan fingerprint density at radius 1 is 1.06 bits per heavy atom. The Balaban J connectivity index is 1.57. The lowest BCUT2D eigenvalue weighted by Gasteiger charge is -2.12. The number of hydrazone groups is 1. The molecular formula is C24H22N4O6. The first-order valence-corrected chi connectivity index (χ1v) is 10.1. The van der Waals surface area contributed by atoms with Gasteiger partial charge in [0.1, 0.15) is 0 Å². The molecule has 0 aliphatic rings. The molecule has 0 saturated heterocycles. The van der Waals surface area contributed by atoms with Crippen molar-refractivity contribution in [1.29, 1.82) is 0 Å². The highest BCUT2D eigenvalue weighted by Crippen LogP contribution is 2.27. The topological polar surface area (TPSA) is 132 Å². The molecule has 174 valence electrons. The first-order valence-electron chi connectivity index (χ1n) is 10.1. The van der Waals surface area contributed by atoms with Gasteiger partial charge >= 0.3 is 0 Å². The van der Waals surface area contributed by atoms with Gasteiger partial charge in [0, 0.05) is 23.4 Å². The van der Waals surface area contributed by atoms with Gasteiger partial charge in [-0.2, -0.15) is 5.10 Å². The maximum Gasteiger partial charge on any atom is 0.271 e. The molecule has 0 bridgehead atoms. The molecule has 0 fully saturated rings. The number of nitro groups is 1. The molecule has 3 rings (SSSR count). The predicted molar refractivity (Wildman–Crippen MR) is 126 cm³/mol. The number of non-ortho nitro benzene ring substituents is 1. The summed E-state index contributed by atoms with van der Waals surface area (Å²) < 4.78 is 10.9. The summed E-state index contributed by atoms with van der Waals surface area (Å²) in [5.41, 5.74) is 4.74. The third kappa shape index (κ3) is 6.39. The summed E-state index contributed by atoms with van der Waals surface area (Å²) in [6, 6.07) is 17.5. The minimum absolute atomic E-state index is 0.109. The fourth-order valence-electron chi connectivity index (χ4n) is 2.89. The van der Waals surface area contributed by atoms with Crippen LogP contribution >= 0.6 is 0 Å². The van der Waals surface area contributed by atoms with E-state index in [0.717, 1.165) is 5.56 Å². The summed E-state index contributed by atoms with van der Waals surface area (Å²) >= 11 is 0. The van der Waals surface area contributed by atoms with Crippen LogP contribution in [-0.2, 0) is 4.79 Å². The van der Waals surface area contributed by atoms with Gasteiger partial charge in [0.05, 0.1) is 18.2 Å². The number of ether oxygens (including phenoxy) is 2. The second-order valence-electron chi connectivity index (χ2n) is 7.07. The van der Waals surface area contributed by atoms with E-state index < -0.39 is 10.8 Å². The van der Waals surface area contributed by atoms with Crippen molar-refractivity contribution in [1.82, 2.24) is 5.43 Å². The van der Waals surface area contributed by atoms with Gasteiger partial charge in [0.2, 0.25) is 0 Å². The normalized spacial score (nSPS) is 10.5. The lowest BCUT2D eigenvalue weighted by atomic mass is 10.2. The number of nitro benzene ring substituents is 1. The number of benzene rings is 3. The second-order valence-corrected chi connectivity index (χ2v) is 7.07. The number of aryl methyl sites for hydroxylation is 1. The Kier molecular flexibility index (Phi) is 7.90. The molecule has 0 radical (unpaired) electrons. The molecule has 10 heteroatoms. The highest BCUT2D eigenvalue weighted by Gasteiger charge is 2.11. The van der Waals surface area contributed by atoms with Crippen molar-refractivity contribution in [3.05, 3.63) is 93.5 Å². The predicted octanol–water partition coefficient (Wildman–Crippen LogP) is 3.69. The lowest BCUT2D eigenvalue weighted by Crippen LogP contribution is -2.20. The molecule has 3 aromatic rings. The minimum Gasteiger partial charge on any atom is -0.493 e.